The Labute approximate surface area is 162 Å². The molecule has 7 nitrogen and oxygen atoms in total. The molecule has 0 spiro atoms. The number of nitrogens with zero attached hydrogens (tertiary/aromatic N) is 4. The molecule has 1 aromatic carbocycles. The van der Waals surface area contributed by atoms with Crippen molar-refractivity contribution in [3.05, 3.63) is 58.1 Å². The van der Waals surface area contributed by atoms with E-state index in [0.29, 0.717) is 29.5 Å². The van der Waals surface area contributed by atoms with E-state index in [2.05, 4.69) is 15.5 Å². The number of amides is 1. The number of ether oxygens (including phenoxy) is 1. The Balaban J connectivity index is 1.85. The lowest BCUT2D eigenvalue weighted by molar-refractivity contribution is 0.101. The van der Waals surface area contributed by atoms with Crippen molar-refractivity contribution in [3.63, 3.8) is 0 Å². The molecule has 27 heavy (non-hydrogen) atoms. The first-order valence-corrected chi connectivity index (χ1v) is 9.02. The maximum atomic E-state index is 12.7. The van der Waals surface area contributed by atoms with E-state index in [1.165, 1.54) is 6.20 Å². The lowest BCUT2D eigenvalue weighted by atomic mass is 10.2. The number of benzene rings is 1. The van der Waals surface area contributed by atoms with Crippen LogP contribution in [0.1, 0.15) is 34.4 Å². The summed E-state index contributed by atoms with van der Waals surface area (Å²) in [6, 6.07) is 7.82. The Kier molecular flexibility index (Phi) is 5.51. The average molecular weight is 388 g/mol. The average Bonchev–Trinajstić information content (AvgIpc) is 3.16. The number of methoxy groups -OCH3 is 1. The van der Waals surface area contributed by atoms with Crippen molar-refractivity contribution in [1.82, 2.24) is 19.6 Å². The highest BCUT2D eigenvalue weighted by atomic mass is 35.5. The molecule has 0 aliphatic rings. The van der Waals surface area contributed by atoms with Crippen LogP contribution in [0.5, 0.6) is 5.75 Å². The second kappa shape index (κ2) is 7.84. The summed E-state index contributed by atoms with van der Waals surface area (Å²) in [7, 11) is 1.64. The lowest BCUT2D eigenvalue weighted by Gasteiger charge is -2.09. The van der Waals surface area contributed by atoms with Gasteiger partial charge >= 0.3 is 0 Å². The third-order valence-electron chi connectivity index (χ3n) is 4.40. The summed E-state index contributed by atoms with van der Waals surface area (Å²) >= 11 is 6.13. The van der Waals surface area contributed by atoms with Crippen LogP contribution in [0.2, 0.25) is 5.02 Å². The van der Waals surface area contributed by atoms with Crippen molar-refractivity contribution in [1.29, 1.82) is 0 Å². The lowest BCUT2D eigenvalue weighted by Crippen LogP contribution is -2.18. The van der Waals surface area contributed by atoms with Gasteiger partial charge in [0.2, 0.25) is 0 Å². The number of nitrogens with one attached hydrogen (secondary N) is 1. The Morgan fingerprint density at radius 2 is 2.07 bits per heavy atom. The van der Waals surface area contributed by atoms with E-state index >= 15 is 0 Å². The summed E-state index contributed by atoms with van der Waals surface area (Å²) in [4.78, 5) is 12.7. The van der Waals surface area contributed by atoms with Crippen LogP contribution in [0.4, 0.5) is 5.69 Å². The SMILES string of the molecule is CCn1ncc(Cl)c1C(=O)Nc1c(C)nn(Cc2cccc(OC)c2)c1C. The van der Waals surface area contributed by atoms with Gasteiger partial charge in [-0.15, -0.1) is 0 Å². The molecule has 0 saturated carbocycles. The van der Waals surface area contributed by atoms with Gasteiger partial charge in [-0.25, -0.2) is 0 Å². The number of aryl methyl sites for hydroxylation is 2. The van der Waals surface area contributed by atoms with E-state index in [1.54, 1.807) is 11.8 Å². The van der Waals surface area contributed by atoms with Gasteiger partial charge in [-0.3, -0.25) is 14.2 Å². The number of carbonyl (C=O) groups is 1. The molecule has 0 aliphatic heterocycles. The van der Waals surface area contributed by atoms with Crippen molar-refractivity contribution in [3.8, 4) is 5.75 Å². The number of halogens is 1. The van der Waals surface area contributed by atoms with E-state index in [0.717, 1.165) is 22.7 Å². The molecule has 142 valence electrons. The van der Waals surface area contributed by atoms with Crippen LogP contribution >= 0.6 is 11.6 Å². The van der Waals surface area contributed by atoms with Crippen molar-refractivity contribution >= 4 is 23.2 Å². The monoisotopic (exact) mass is 387 g/mol. The van der Waals surface area contributed by atoms with Crippen LogP contribution < -0.4 is 10.1 Å². The first kappa shape index (κ1) is 19.0. The van der Waals surface area contributed by atoms with Gasteiger partial charge in [0.15, 0.2) is 0 Å². The van der Waals surface area contributed by atoms with Gasteiger partial charge in [0, 0.05) is 6.54 Å². The van der Waals surface area contributed by atoms with Crippen LogP contribution in [0, 0.1) is 13.8 Å². The Morgan fingerprint density at radius 1 is 1.30 bits per heavy atom. The highest BCUT2D eigenvalue weighted by Gasteiger charge is 2.20. The number of rotatable bonds is 6. The zero-order valence-corrected chi connectivity index (χ0v) is 16.5. The zero-order chi connectivity index (χ0) is 19.6. The van der Waals surface area contributed by atoms with Gasteiger partial charge in [-0.1, -0.05) is 23.7 Å². The van der Waals surface area contributed by atoms with Gasteiger partial charge in [-0.2, -0.15) is 10.2 Å². The molecule has 0 aliphatic carbocycles. The van der Waals surface area contributed by atoms with E-state index in [-0.39, 0.29) is 5.91 Å². The van der Waals surface area contributed by atoms with Gasteiger partial charge in [-0.05, 0) is 38.5 Å². The predicted octanol–water partition coefficient (Wildman–Crippen LogP) is 3.68. The largest absolute Gasteiger partial charge is 0.497 e. The molecule has 0 atom stereocenters. The molecule has 1 amide bonds. The highest BCUT2D eigenvalue weighted by Crippen LogP contribution is 2.24. The van der Waals surface area contributed by atoms with Crippen molar-refractivity contribution in [2.24, 2.45) is 0 Å². The van der Waals surface area contributed by atoms with Crippen LogP contribution in [0.25, 0.3) is 0 Å². The van der Waals surface area contributed by atoms with Gasteiger partial charge in [0.05, 0.1) is 41.9 Å². The molecule has 3 rings (SSSR count). The first-order valence-electron chi connectivity index (χ1n) is 8.64. The summed E-state index contributed by atoms with van der Waals surface area (Å²) in [5.41, 5.74) is 3.69. The van der Waals surface area contributed by atoms with E-state index in [9.17, 15) is 4.79 Å². The van der Waals surface area contributed by atoms with Gasteiger partial charge in [0.25, 0.3) is 5.91 Å². The number of anilines is 1. The molecular formula is C19H22ClN5O2. The standard InChI is InChI=1S/C19H22ClN5O2/c1-5-24-18(16(20)10-21-24)19(26)22-17-12(2)23-25(13(17)3)11-14-7-6-8-15(9-14)27-4/h6-10H,5,11H2,1-4H3,(H,22,26). The number of hydrogen-bond acceptors (Lipinski definition) is 4. The fourth-order valence-electron chi connectivity index (χ4n) is 2.98. The molecule has 0 bridgehead atoms. The van der Waals surface area contributed by atoms with Crippen LogP contribution in [0.15, 0.2) is 30.5 Å². The maximum absolute atomic E-state index is 12.7. The van der Waals surface area contributed by atoms with Crippen molar-refractivity contribution in [2.75, 3.05) is 12.4 Å². The minimum atomic E-state index is -0.300. The number of aromatic nitrogens is 4. The molecule has 3 aromatic rings. The smallest absolute Gasteiger partial charge is 0.275 e. The molecule has 2 aromatic heterocycles. The summed E-state index contributed by atoms with van der Waals surface area (Å²) < 4.78 is 8.70. The quantitative estimate of drug-likeness (QED) is 0.700. The summed E-state index contributed by atoms with van der Waals surface area (Å²) in [5.74, 6) is 0.497. The third kappa shape index (κ3) is 3.83. The highest BCUT2D eigenvalue weighted by molar-refractivity contribution is 6.34. The Hall–Kier alpha value is -2.80. The fraction of sp³-hybridized carbons (Fsp3) is 0.316. The Morgan fingerprint density at radius 3 is 2.78 bits per heavy atom. The first-order chi connectivity index (χ1) is 12.9. The maximum Gasteiger partial charge on any atom is 0.275 e. The van der Waals surface area contributed by atoms with E-state index in [1.807, 2.05) is 49.7 Å². The minimum Gasteiger partial charge on any atom is -0.497 e. The van der Waals surface area contributed by atoms with E-state index in [4.69, 9.17) is 16.3 Å². The van der Waals surface area contributed by atoms with Crippen LogP contribution in [-0.4, -0.2) is 32.6 Å². The number of hydrogen-bond donors (Lipinski definition) is 1. The fourth-order valence-corrected chi connectivity index (χ4v) is 3.20. The summed E-state index contributed by atoms with van der Waals surface area (Å²) in [6.07, 6.45) is 1.48. The van der Waals surface area contributed by atoms with Gasteiger partial charge < -0.3 is 10.1 Å². The molecule has 0 radical (unpaired) electrons. The minimum absolute atomic E-state index is 0.300. The Bertz CT molecular complexity index is 977. The van der Waals surface area contributed by atoms with Crippen molar-refractivity contribution in [2.45, 2.75) is 33.9 Å². The van der Waals surface area contributed by atoms with Crippen molar-refractivity contribution < 1.29 is 9.53 Å². The van der Waals surface area contributed by atoms with Crippen LogP contribution in [0.3, 0.4) is 0 Å². The second-order valence-corrected chi connectivity index (χ2v) is 6.57. The molecule has 1 N–H and O–H groups in total. The summed E-state index contributed by atoms with van der Waals surface area (Å²) in [5, 5.41) is 11.9. The van der Waals surface area contributed by atoms with Crippen LogP contribution in [-0.2, 0) is 13.1 Å². The molecule has 0 unspecified atom stereocenters. The molecular weight excluding hydrogens is 366 g/mol. The third-order valence-corrected chi connectivity index (χ3v) is 4.67. The topological polar surface area (TPSA) is 74.0 Å². The van der Waals surface area contributed by atoms with Gasteiger partial charge in [0.1, 0.15) is 11.4 Å². The molecule has 8 heteroatoms. The second-order valence-electron chi connectivity index (χ2n) is 6.17. The summed E-state index contributed by atoms with van der Waals surface area (Å²) in [6.45, 7) is 6.83. The number of carbonyl (C=O) groups excluding carboxylic acids is 1. The molecule has 0 saturated heterocycles. The zero-order valence-electron chi connectivity index (χ0n) is 15.8. The molecule has 2 heterocycles. The van der Waals surface area contributed by atoms with E-state index < -0.39 is 0 Å². The normalized spacial score (nSPS) is 10.9. The molecule has 0 fully saturated rings. The predicted molar refractivity (Wildman–Crippen MR) is 105 cm³/mol.